The van der Waals surface area contributed by atoms with Crippen LogP contribution in [0.15, 0.2) is 0 Å². The van der Waals surface area contributed by atoms with Gasteiger partial charge in [-0.05, 0) is 20.8 Å². The first-order valence-electron chi connectivity index (χ1n) is 3.96. The molecule has 3 nitrogen and oxygen atoms in total. The molecule has 0 bridgehead atoms. The van der Waals surface area contributed by atoms with Crippen LogP contribution in [0.5, 0.6) is 0 Å². The summed E-state index contributed by atoms with van der Waals surface area (Å²) < 4.78 is 11.0. The maximum atomic E-state index is 8.77. The molecule has 1 rings (SSSR count). The van der Waals surface area contributed by atoms with Gasteiger partial charge >= 0.3 is 0 Å². The Kier molecular flexibility index (Phi) is 2.52. The lowest BCUT2D eigenvalue weighted by molar-refractivity contribution is -0.221. The van der Waals surface area contributed by atoms with E-state index < -0.39 is 0 Å². The molecule has 3 heteroatoms. The summed E-state index contributed by atoms with van der Waals surface area (Å²) in [5.41, 5.74) is -0.217. The summed E-state index contributed by atoms with van der Waals surface area (Å²) in [5.74, 6) is 0. The SMILES string of the molecule is C[C@@H]1O[C@@H](CO)COC1(C)C. The summed E-state index contributed by atoms with van der Waals surface area (Å²) in [6.45, 7) is 6.48. The molecule has 0 aromatic rings. The van der Waals surface area contributed by atoms with Crippen molar-refractivity contribution >= 4 is 0 Å². The summed E-state index contributed by atoms with van der Waals surface area (Å²) >= 11 is 0. The molecule has 66 valence electrons. The number of rotatable bonds is 1. The molecule has 0 spiro atoms. The van der Waals surface area contributed by atoms with Crippen molar-refractivity contribution in [3.05, 3.63) is 0 Å². The van der Waals surface area contributed by atoms with Crippen LogP contribution in [0.25, 0.3) is 0 Å². The van der Waals surface area contributed by atoms with Gasteiger partial charge in [0.05, 0.1) is 24.9 Å². The fourth-order valence-electron chi connectivity index (χ4n) is 1.01. The van der Waals surface area contributed by atoms with Crippen molar-refractivity contribution in [2.75, 3.05) is 13.2 Å². The van der Waals surface area contributed by atoms with Crippen molar-refractivity contribution in [1.29, 1.82) is 0 Å². The molecule has 1 fully saturated rings. The van der Waals surface area contributed by atoms with Gasteiger partial charge in [-0.15, -0.1) is 0 Å². The van der Waals surface area contributed by atoms with Crippen molar-refractivity contribution in [3.63, 3.8) is 0 Å². The van der Waals surface area contributed by atoms with E-state index in [4.69, 9.17) is 14.6 Å². The number of aliphatic hydroxyl groups is 1. The fraction of sp³-hybridized carbons (Fsp3) is 1.00. The molecule has 0 aromatic heterocycles. The van der Waals surface area contributed by atoms with Crippen LogP contribution >= 0.6 is 0 Å². The minimum atomic E-state index is -0.217. The second-order valence-electron chi connectivity index (χ2n) is 3.50. The Bertz CT molecular complexity index is 133. The van der Waals surface area contributed by atoms with Crippen LogP contribution in [0.1, 0.15) is 20.8 Å². The van der Waals surface area contributed by atoms with E-state index in [1.807, 2.05) is 20.8 Å². The quantitative estimate of drug-likeness (QED) is 0.609. The third-order valence-electron chi connectivity index (χ3n) is 2.22. The molecule has 0 aromatic carbocycles. The zero-order valence-corrected chi connectivity index (χ0v) is 7.33. The molecule has 0 unspecified atom stereocenters. The summed E-state index contributed by atoms with van der Waals surface area (Å²) in [5, 5.41) is 8.77. The standard InChI is InChI=1S/C8H16O3/c1-6-8(2,3)10-5-7(4-9)11-6/h6-7,9H,4-5H2,1-3H3/t6-,7-/m0/s1. The average Bonchev–Trinajstić information content (AvgIpc) is 1.95. The predicted octanol–water partition coefficient (Wildman–Crippen LogP) is 0.561. The van der Waals surface area contributed by atoms with Crippen LogP contribution in [0.2, 0.25) is 0 Å². The van der Waals surface area contributed by atoms with Gasteiger partial charge in [-0.3, -0.25) is 0 Å². The minimum Gasteiger partial charge on any atom is -0.394 e. The molecule has 1 saturated heterocycles. The van der Waals surface area contributed by atoms with Crippen LogP contribution in [0.4, 0.5) is 0 Å². The molecule has 1 heterocycles. The Morgan fingerprint density at radius 3 is 2.64 bits per heavy atom. The molecule has 11 heavy (non-hydrogen) atoms. The molecule has 0 aliphatic carbocycles. The van der Waals surface area contributed by atoms with Crippen LogP contribution in [-0.4, -0.2) is 36.1 Å². The molecule has 0 saturated carbocycles. The van der Waals surface area contributed by atoms with E-state index in [0.717, 1.165) is 0 Å². The highest BCUT2D eigenvalue weighted by molar-refractivity contribution is 4.82. The Morgan fingerprint density at radius 1 is 1.55 bits per heavy atom. The van der Waals surface area contributed by atoms with Crippen LogP contribution in [-0.2, 0) is 9.47 Å². The number of aliphatic hydroxyl groups excluding tert-OH is 1. The Balaban J connectivity index is 2.48. The summed E-state index contributed by atoms with van der Waals surface area (Å²) in [7, 11) is 0. The zero-order valence-electron chi connectivity index (χ0n) is 7.33. The molecule has 0 radical (unpaired) electrons. The van der Waals surface area contributed by atoms with E-state index in [1.54, 1.807) is 0 Å². The van der Waals surface area contributed by atoms with Gasteiger partial charge in [0.25, 0.3) is 0 Å². The lowest BCUT2D eigenvalue weighted by Crippen LogP contribution is -2.49. The van der Waals surface area contributed by atoms with Gasteiger partial charge in [0.2, 0.25) is 0 Å². The predicted molar refractivity (Wildman–Crippen MR) is 41.5 cm³/mol. The lowest BCUT2D eigenvalue weighted by Gasteiger charge is -2.39. The highest BCUT2D eigenvalue weighted by atomic mass is 16.6. The van der Waals surface area contributed by atoms with Gasteiger partial charge in [0.1, 0.15) is 6.10 Å². The third-order valence-corrected chi connectivity index (χ3v) is 2.22. The molecule has 1 N–H and O–H groups in total. The first-order chi connectivity index (χ1) is 5.06. The highest BCUT2D eigenvalue weighted by Gasteiger charge is 2.34. The van der Waals surface area contributed by atoms with Gasteiger partial charge in [0.15, 0.2) is 0 Å². The molecule has 0 amide bonds. The minimum absolute atomic E-state index is 0.0421. The van der Waals surface area contributed by atoms with E-state index in [-0.39, 0.29) is 24.4 Å². The molecular formula is C8H16O3. The maximum Gasteiger partial charge on any atom is 0.104 e. The van der Waals surface area contributed by atoms with Crippen LogP contribution < -0.4 is 0 Å². The number of hydrogen-bond donors (Lipinski definition) is 1. The maximum absolute atomic E-state index is 8.77. The normalized spacial score (nSPS) is 37.1. The molecule has 2 atom stereocenters. The van der Waals surface area contributed by atoms with E-state index in [2.05, 4.69) is 0 Å². The van der Waals surface area contributed by atoms with E-state index in [1.165, 1.54) is 0 Å². The summed E-state index contributed by atoms with van der Waals surface area (Å²) in [4.78, 5) is 0. The average molecular weight is 160 g/mol. The van der Waals surface area contributed by atoms with E-state index in [9.17, 15) is 0 Å². The zero-order chi connectivity index (χ0) is 8.48. The Labute approximate surface area is 67.3 Å². The summed E-state index contributed by atoms with van der Waals surface area (Å²) in [6.07, 6.45) is -0.0913. The van der Waals surface area contributed by atoms with Crippen molar-refractivity contribution in [2.45, 2.75) is 38.6 Å². The van der Waals surface area contributed by atoms with E-state index in [0.29, 0.717) is 6.61 Å². The van der Waals surface area contributed by atoms with Crippen molar-refractivity contribution in [3.8, 4) is 0 Å². The molecule has 1 aliphatic heterocycles. The second kappa shape index (κ2) is 3.09. The monoisotopic (exact) mass is 160 g/mol. The van der Waals surface area contributed by atoms with Gasteiger partial charge in [-0.25, -0.2) is 0 Å². The lowest BCUT2D eigenvalue weighted by atomic mass is 10.0. The first-order valence-corrected chi connectivity index (χ1v) is 3.96. The Hall–Kier alpha value is -0.120. The number of ether oxygens (including phenoxy) is 2. The topological polar surface area (TPSA) is 38.7 Å². The first kappa shape index (κ1) is 8.97. The Morgan fingerprint density at radius 2 is 2.18 bits per heavy atom. The third kappa shape index (κ3) is 1.92. The van der Waals surface area contributed by atoms with Crippen LogP contribution in [0, 0.1) is 0 Å². The van der Waals surface area contributed by atoms with Crippen LogP contribution in [0.3, 0.4) is 0 Å². The second-order valence-corrected chi connectivity index (χ2v) is 3.50. The van der Waals surface area contributed by atoms with Gasteiger partial charge in [-0.2, -0.15) is 0 Å². The molecule has 1 aliphatic rings. The van der Waals surface area contributed by atoms with Gasteiger partial charge in [-0.1, -0.05) is 0 Å². The number of hydrogen-bond acceptors (Lipinski definition) is 3. The molecular weight excluding hydrogens is 144 g/mol. The van der Waals surface area contributed by atoms with Gasteiger partial charge in [0, 0.05) is 0 Å². The smallest absolute Gasteiger partial charge is 0.104 e. The van der Waals surface area contributed by atoms with Crippen molar-refractivity contribution < 1.29 is 14.6 Å². The van der Waals surface area contributed by atoms with Gasteiger partial charge < -0.3 is 14.6 Å². The van der Waals surface area contributed by atoms with E-state index >= 15 is 0 Å². The largest absolute Gasteiger partial charge is 0.394 e. The van der Waals surface area contributed by atoms with Crippen molar-refractivity contribution in [2.24, 2.45) is 0 Å². The highest BCUT2D eigenvalue weighted by Crippen LogP contribution is 2.24. The van der Waals surface area contributed by atoms with Crippen molar-refractivity contribution in [1.82, 2.24) is 0 Å². The fourth-order valence-corrected chi connectivity index (χ4v) is 1.01. The summed E-state index contributed by atoms with van der Waals surface area (Å²) in [6, 6.07) is 0.